The molecule has 1 aromatic rings. The molecule has 0 aliphatic heterocycles. The van der Waals surface area contributed by atoms with Gasteiger partial charge in [-0.1, -0.05) is 25.4 Å². The highest BCUT2D eigenvalue weighted by Gasteiger charge is 2.10. The molecule has 5 heteroatoms. The van der Waals surface area contributed by atoms with Gasteiger partial charge >= 0.3 is 0 Å². The normalized spacial score (nSPS) is 10.8. The van der Waals surface area contributed by atoms with E-state index in [4.69, 9.17) is 16.7 Å². The molecule has 0 unspecified atom stereocenters. The van der Waals surface area contributed by atoms with E-state index in [-0.39, 0.29) is 12.5 Å². The first-order valence-corrected chi connectivity index (χ1v) is 5.32. The first kappa shape index (κ1) is 12.2. The zero-order chi connectivity index (χ0) is 11.4. The van der Waals surface area contributed by atoms with Gasteiger partial charge in [-0.15, -0.1) is 0 Å². The van der Waals surface area contributed by atoms with Gasteiger partial charge in [-0.25, -0.2) is 9.97 Å². The molecule has 0 bridgehead atoms. The highest BCUT2D eigenvalue weighted by molar-refractivity contribution is 6.30. The molecule has 4 nitrogen and oxygen atoms in total. The maximum Gasteiger partial charge on any atom is 0.137 e. The van der Waals surface area contributed by atoms with Crippen molar-refractivity contribution < 1.29 is 5.11 Å². The fourth-order valence-corrected chi connectivity index (χ4v) is 1.29. The minimum Gasteiger partial charge on any atom is -0.395 e. The maximum atomic E-state index is 8.73. The Morgan fingerprint density at radius 2 is 2.07 bits per heavy atom. The number of anilines is 1. The molecule has 1 heterocycles. The molecule has 0 amide bonds. The summed E-state index contributed by atoms with van der Waals surface area (Å²) >= 11 is 5.99. The lowest BCUT2D eigenvalue weighted by atomic mass is 10.2. The summed E-state index contributed by atoms with van der Waals surface area (Å²) in [6.45, 7) is 6.41. The van der Waals surface area contributed by atoms with Crippen molar-refractivity contribution in [1.29, 1.82) is 0 Å². The lowest BCUT2D eigenvalue weighted by Crippen LogP contribution is -2.11. The number of aliphatic hydroxyl groups excluding tert-OH is 1. The van der Waals surface area contributed by atoms with E-state index in [1.807, 2.05) is 20.8 Å². The number of nitrogens with one attached hydrogen (secondary N) is 1. The van der Waals surface area contributed by atoms with Crippen LogP contribution >= 0.6 is 11.6 Å². The van der Waals surface area contributed by atoms with Gasteiger partial charge in [-0.3, -0.25) is 0 Å². The molecule has 1 rings (SSSR count). The van der Waals surface area contributed by atoms with Crippen molar-refractivity contribution in [3.05, 3.63) is 16.5 Å². The molecule has 0 aliphatic rings. The summed E-state index contributed by atoms with van der Waals surface area (Å²) in [6, 6.07) is 0. The molecule has 0 aliphatic carbocycles. The third-order valence-corrected chi connectivity index (χ3v) is 2.39. The van der Waals surface area contributed by atoms with Crippen LogP contribution in [0.25, 0.3) is 0 Å². The fraction of sp³-hybridized carbons (Fsp3) is 0.600. The van der Waals surface area contributed by atoms with Crippen LogP contribution in [-0.2, 0) is 0 Å². The van der Waals surface area contributed by atoms with E-state index in [2.05, 4.69) is 15.3 Å². The van der Waals surface area contributed by atoms with Gasteiger partial charge in [0.1, 0.15) is 16.8 Å². The number of nitrogens with zero attached hydrogens (tertiary/aromatic N) is 2. The number of hydrogen-bond donors (Lipinski definition) is 2. The summed E-state index contributed by atoms with van der Waals surface area (Å²) in [6.07, 6.45) is 0. The second-order valence-electron chi connectivity index (χ2n) is 3.65. The molecule has 0 saturated heterocycles. The van der Waals surface area contributed by atoms with Gasteiger partial charge in [0.05, 0.1) is 6.61 Å². The van der Waals surface area contributed by atoms with Crippen molar-refractivity contribution in [3.8, 4) is 0 Å². The number of hydrogen-bond acceptors (Lipinski definition) is 4. The Bertz CT molecular complexity index is 342. The Hall–Kier alpha value is -0.870. The summed E-state index contributed by atoms with van der Waals surface area (Å²) in [5.41, 5.74) is 0.814. The van der Waals surface area contributed by atoms with Crippen LogP contribution < -0.4 is 5.32 Å². The maximum absolute atomic E-state index is 8.73. The second-order valence-corrected chi connectivity index (χ2v) is 4.01. The largest absolute Gasteiger partial charge is 0.395 e. The summed E-state index contributed by atoms with van der Waals surface area (Å²) in [7, 11) is 0. The molecule has 0 aromatic carbocycles. The van der Waals surface area contributed by atoms with E-state index < -0.39 is 0 Å². The average Bonchev–Trinajstić information content (AvgIpc) is 2.19. The monoisotopic (exact) mass is 229 g/mol. The predicted molar refractivity (Wildman–Crippen MR) is 61.4 cm³/mol. The van der Waals surface area contributed by atoms with Crippen LogP contribution in [0.5, 0.6) is 0 Å². The number of aliphatic hydroxyl groups is 1. The smallest absolute Gasteiger partial charge is 0.137 e. The van der Waals surface area contributed by atoms with Crippen molar-refractivity contribution >= 4 is 17.4 Å². The summed E-state index contributed by atoms with van der Waals surface area (Å²) in [5, 5.41) is 12.2. The van der Waals surface area contributed by atoms with Crippen molar-refractivity contribution in [2.45, 2.75) is 26.7 Å². The van der Waals surface area contributed by atoms with Gasteiger partial charge in [0.2, 0.25) is 0 Å². The Labute approximate surface area is 94.7 Å². The van der Waals surface area contributed by atoms with Crippen molar-refractivity contribution in [3.63, 3.8) is 0 Å². The molecule has 0 saturated carbocycles. The fourth-order valence-electron chi connectivity index (χ4n) is 1.11. The summed E-state index contributed by atoms with van der Waals surface area (Å²) < 4.78 is 0. The van der Waals surface area contributed by atoms with Crippen molar-refractivity contribution in [1.82, 2.24) is 9.97 Å². The molecule has 0 spiro atoms. The van der Waals surface area contributed by atoms with E-state index in [9.17, 15) is 0 Å². The van der Waals surface area contributed by atoms with Crippen LogP contribution in [0.1, 0.15) is 31.2 Å². The summed E-state index contributed by atoms with van der Waals surface area (Å²) in [5.74, 6) is 1.65. The number of halogens is 1. The zero-order valence-corrected chi connectivity index (χ0v) is 9.97. The van der Waals surface area contributed by atoms with Gasteiger partial charge < -0.3 is 10.4 Å². The van der Waals surface area contributed by atoms with E-state index in [1.54, 1.807) is 0 Å². The highest BCUT2D eigenvalue weighted by Crippen LogP contribution is 2.22. The molecule has 2 N–H and O–H groups in total. The van der Waals surface area contributed by atoms with Crippen LogP contribution in [0.15, 0.2) is 0 Å². The minimum absolute atomic E-state index is 0.0675. The third kappa shape index (κ3) is 3.04. The van der Waals surface area contributed by atoms with Crippen LogP contribution in [0.2, 0.25) is 5.15 Å². The van der Waals surface area contributed by atoms with Crippen molar-refractivity contribution in [2.24, 2.45) is 0 Å². The standard InChI is InChI=1S/C10H16ClN3O/c1-6(2)9-13-8(11)7(3)10(14-9)12-4-5-15/h6,15H,4-5H2,1-3H3,(H,12,13,14). The first-order chi connectivity index (χ1) is 7.06. The van der Waals surface area contributed by atoms with Gasteiger partial charge in [0.25, 0.3) is 0 Å². The average molecular weight is 230 g/mol. The molecule has 15 heavy (non-hydrogen) atoms. The van der Waals surface area contributed by atoms with Crippen LogP contribution in [-0.4, -0.2) is 28.2 Å². The zero-order valence-electron chi connectivity index (χ0n) is 9.21. The van der Waals surface area contributed by atoms with E-state index >= 15 is 0 Å². The van der Waals surface area contributed by atoms with Crippen LogP contribution in [0.4, 0.5) is 5.82 Å². The molecular weight excluding hydrogens is 214 g/mol. The molecule has 0 atom stereocenters. The quantitative estimate of drug-likeness (QED) is 0.775. The molecule has 1 aromatic heterocycles. The molecule has 0 fully saturated rings. The Kier molecular flexibility index (Phi) is 4.29. The Morgan fingerprint density at radius 3 is 2.60 bits per heavy atom. The molecular formula is C10H16ClN3O. The van der Waals surface area contributed by atoms with E-state index in [1.165, 1.54) is 0 Å². The highest BCUT2D eigenvalue weighted by atomic mass is 35.5. The minimum atomic E-state index is 0.0675. The SMILES string of the molecule is Cc1c(Cl)nc(C(C)C)nc1NCCO. The van der Waals surface area contributed by atoms with Gasteiger partial charge in [-0.2, -0.15) is 0 Å². The topological polar surface area (TPSA) is 58.0 Å². The van der Waals surface area contributed by atoms with Crippen LogP contribution in [0.3, 0.4) is 0 Å². The van der Waals surface area contributed by atoms with Gasteiger partial charge in [0, 0.05) is 18.0 Å². The lowest BCUT2D eigenvalue weighted by molar-refractivity contribution is 0.311. The molecule has 84 valence electrons. The van der Waals surface area contributed by atoms with Gasteiger partial charge in [-0.05, 0) is 6.92 Å². The Balaban J connectivity index is 3.02. The Morgan fingerprint density at radius 1 is 1.40 bits per heavy atom. The van der Waals surface area contributed by atoms with E-state index in [0.29, 0.717) is 23.3 Å². The number of aromatic nitrogens is 2. The second kappa shape index (κ2) is 5.28. The van der Waals surface area contributed by atoms with Crippen molar-refractivity contribution in [2.75, 3.05) is 18.5 Å². The summed E-state index contributed by atoms with van der Waals surface area (Å²) in [4.78, 5) is 8.55. The van der Waals surface area contributed by atoms with Gasteiger partial charge in [0.15, 0.2) is 0 Å². The number of rotatable bonds is 4. The molecule has 0 radical (unpaired) electrons. The van der Waals surface area contributed by atoms with E-state index in [0.717, 1.165) is 5.56 Å². The predicted octanol–water partition coefficient (Wildman–Crippen LogP) is 1.97. The third-order valence-electron chi connectivity index (χ3n) is 2.02. The first-order valence-electron chi connectivity index (χ1n) is 4.95. The lowest BCUT2D eigenvalue weighted by Gasteiger charge is -2.11. The van der Waals surface area contributed by atoms with Crippen LogP contribution in [0, 0.1) is 6.92 Å².